The van der Waals surface area contributed by atoms with E-state index >= 15 is 0 Å². The minimum atomic E-state index is -0.953. The highest BCUT2D eigenvalue weighted by atomic mass is 19.1. The molecule has 1 aromatic rings. The summed E-state index contributed by atoms with van der Waals surface area (Å²) < 4.78 is 13.0. The largest absolute Gasteiger partial charge is 0.481 e. The fraction of sp³-hybridized carbons (Fsp3) is 0.300. The molecule has 0 aromatic heterocycles. The maximum absolute atomic E-state index is 13.0. The number of carboxylic acids is 1. The van der Waals surface area contributed by atoms with Gasteiger partial charge in [-0.05, 0) is 30.3 Å². The molecule has 2 N–H and O–H groups in total. The third-order valence-corrected chi connectivity index (χ3v) is 1.75. The van der Waals surface area contributed by atoms with Crippen LogP contribution in [0.4, 0.5) is 4.39 Å². The minimum Gasteiger partial charge on any atom is -0.481 e. The van der Waals surface area contributed by atoms with E-state index in [1.807, 2.05) is 0 Å². The van der Waals surface area contributed by atoms with E-state index in [1.165, 1.54) is 12.1 Å². The zero-order chi connectivity index (χ0) is 10.6. The lowest BCUT2D eigenvalue weighted by atomic mass is 10.1. The SMILES string of the molecule is CNCc1cc(F)cc(CC(=O)O)c1. The normalized spacial score (nSPS) is 10.1. The maximum Gasteiger partial charge on any atom is 0.307 e. The van der Waals surface area contributed by atoms with Crippen LogP contribution in [-0.2, 0) is 17.8 Å². The number of halogens is 1. The molecule has 0 bridgehead atoms. The van der Waals surface area contributed by atoms with Crippen molar-refractivity contribution in [3.63, 3.8) is 0 Å². The molecule has 3 nitrogen and oxygen atoms in total. The van der Waals surface area contributed by atoms with Gasteiger partial charge in [-0.25, -0.2) is 4.39 Å². The predicted molar refractivity (Wildman–Crippen MR) is 50.5 cm³/mol. The van der Waals surface area contributed by atoms with E-state index in [9.17, 15) is 9.18 Å². The van der Waals surface area contributed by atoms with E-state index in [2.05, 4.69) is 5.32 Å². The molecule has 0 aliphatic carbocycles. The van der Waals surface area contributed by atoms with Crippen molar-refractivity contribution in [1.29, 1.82) is 0 Å². The summed E-state index contributed by atoms with van der Waals surface area (Å²) in [6.45, 7) is 0.532. The highest BCUT2D eigenvalue weighted by molar-refractivity contribution is 5.70. The Morgan fingerprint density at radius 3 is 2.64 bits per heavy atom. The molecule has 0 saturated heterocycles. The fourth-order valence-electron chi connectivity index (χ4n) is 1.30. The third-order valence-electron chi connectivity index (χ3n) is 1.75. The first kappa shape index (κ1) is 10.7. The zero-order valence-electron chi connectivity index (χ0n) is 7.88. The van der Waals surface area contributed by atoms with Crippen LogP contribution < -0.4 is 5.32 Å². The fourth-order valence-corrected chi connectivity index (χ4v) is 1.30. The Bertz CT molecular complexity index is 339. The predicted octanol–water partition coefficient (Wildman–Crippen LogP) is 1.17. The number of nitrogens with one attached hydrogen (secondary N) is 1. The van der Waals surface area contributed by atoms with Gasteiger partial charge in [0.2, 0.25) is 0 Å². The molecule has 0 fully saturated rings. The number of hydrogen-bond acceptors (Lipinski definition) is 2. The van der Waals surface area contributed by atoms with Gasteiger partial charge in [-0.3, -0.25) is 4.79 Å². The van der Waals surface area contributed by atoms with Crippen LogP contribution in [0.5, 0.6) is 0 Å². The van der Waals surface area contributed by atoms with Gasteiger partial charge in [0, 0.05) is 6.54 Å². The second kappa shape index (κ2) is 4.72. The van der Waals surface area contributed by atoms with Gasteiger partial charge >= 0.3 is 5.97 Å². The Labute approximate surface area is 81.6 Å². The van der Waals surface area contributed by atoms with Gasteiger partial charge in [0.15, 0.2) is 0 Å². The molecule has 4 heteroatoms. The summed E-state index contributed by atoms with van der Waals surface area (Å²) in [5.41, 5.74) is 1.24. The van der Waals surface area contributed by atoms with Crippen LogP contribution in [0.1, 0.15) is 11.1 Å². The summed E-state index contributed by atoms with van der Waals surface area (Å²) >= 11 is 0. The number of carboxylic acid groups (broad SMARTS) is 1. The van der Waals surface area contributed by atoms with Crippen molar-refractivity contribution < 1.29 is 14.3 Å². The third kappa shape index (κ3) is 3.14. The summed E-state index contributed by atoms with van der Waals surface area (Å²) in [5, 5.41) is 11.4. The van der Waals surface area contributed by atoms with E-state index in [-0.39, 0.29) is 6.42 Å². The summed E-state index contributed by atoms with van der Waals surface area (Å²) in [7, 11) is 1.75. The number of carbonyl (C=O) groups is 1. The molecule has 1 aromatic carbocycles. The molecular weight excluding hydrogens is 185 g/mol. The summed E-state index contributed by atoms with van der Waals surface area (Å²) in [4.78, 5) is 10.4. The number of aliphatic carboxylic acids is 1. The minimum absolute atomic E-state index is 0.144. The van der Waals surface area contributed by atoms with E-state index < -0.39 is 11.8 Å². The van der Waals surface area contributed by atoms with E-state index in [4.69, 9.17) is 5.11 Å². The molecule has 0 atom stereocenters. The number of hydrogen-bond donors (Lipinski definition) is 2. The molecule has 0 radical (unpaired) electrons. The highest BCUT2D eigenvalue weighted by Gasteiger charge is 2.04. The molecule has 0 heterocycles. The number of rotatable bonds is 4. The first-order chi connectivity index (χ1) is 6.61. The molecular formula is C10H12FNO2. The number of benzene rings is 1. The van der Waals surface area contributed by atoms with Gasteiger partial charge < -0.3 is 10.4 Å². The van der Waals surface area contributed by atoms with Crippen LogP contribution in [0.3, 0.4) is 0 Å². The van der Waals surface area contributed by atoms with Crippen molar-refractivity contribution in [2.75, 3.05) is 7.05 Å². The monoisotopic (exact) mass is 197 g/mol. The lowest BCUT2D eigenvalue weighted by Gasteiger charge is -2.03. The van der Waals surface area contributed by atoms with Crippen LogP contribution in [0.2, 0.25) is 0 Å². The second-order valence-corrected chi connectivity index (χ2v) is 3.07. The Morgan fingerprint density at radius 1 is 1.43 bits per heavy atom. The van der Waals surface area contributed by atoms with Gasteiger partial charge in [0.25, 0.3) is 0 Å². The van der Waals surface area contributed by atoms with Crippen LogP contribution in [0, 0.1) is 5.82 Å². The summed E-state index contributed by atoms with van der Waals surface area (Å²) in [6.07, 6.45) is -0.144. The highest BCUT2D eigenvalue weighted by Crippen LogP contribution is 2.09. The molecule has 76 valence electrons. The van der Waals surface area contributed by atoms with Gasteiger partial charge in [0.1, 0.15) is 5.82 Å². The Morgan fingerprint density at radius 2 is 2.07 bits per heavy atom. The van der Waals surface area contributed by atoms with Crippen LogP contribution in [0.25, 0.3) is 0 Å². The molecule has 1 rings (SSSR count). The average molecular weight is 197 g/mol. The van der Waals surface area contributed by atoms with Crippen LogP contribution in [-0.4, -0.2) is 18.1 Å². The quantitative estimate of drug-likeness (QED) is 0.761. The Balaban J connectivity index is 2.88. The Hall–Kier alpha value is -1.42. The lowest BCUT2D eigenvalue weighted by Crippen LogP contribution is -2.07. The lowest BCUT2D eigenvalue weighted by molar-refractivity contribution is -0.136. The van der Waals surface area contributed by atoms with E-state index in [0.717, 1.165) is 5.56 Å². The van der Waals surface area contributed by atoms with Crippen molar-refractivity contribution in [3.8, 4) is 0 Å². The molecule has 0 saturated carbocycles. The zero-order valence-corrected chi connectivity index (χ0v) is 7.88. The van der Waals surface area contributed by atoms with Crippen molar-refractivity contribution in [1.82, 2.24) is 5.32 Å². The standard InChI is InChI=1S/C10H12FNO2/c1-12-6-8-2-7(5-10(13)14)3-9(11)4-8/h2-4,12H,5-6H2,1H3,(H,13,14). The van der Waals surface area contributed by atoms with Crippen molar-refractivity contribution in [2.24, 2.45) is 0 Å². The Kier molecular flexibility index (Phi) is 3.59. The van der Waals surface area contributed by atoms with Crippen molar-refractivity contribution in [2.45, 2.75) is 13.0 Å². The van der Waals surface area contributed by atoms with Crippen molar-refractivity contribution >= 4 is 5.97 Å². The first-order valence-corrected chi connectivity index (χ1v) is 4.26. The van der Waals surface area contributed by atoms with E-state index in [0.29, 0.717) is 12.1 Å². The van der Waals surface area contributed by atoms with Crippen molar-refractivity contribution in [3.05, 3.63) is 35.1 Å². The molecule has 0 amide bonds. The topological polar surface area (TPSA) is 49.3 Å². The van der Waals surface area contributed by atoms with Gasteiger partial charge in [-0.2, -0.15) is 0 Å². The van der Waals surface area contributed by atoms with E-state index in [1.54, 1.807) is 13.1 Å². The summed E-state index contributed by atoms with van der Waals surface area (Å²) in [5.74, 6) is -1.35. The van der Waals surface area contributed by atoms with Gasteiger partial charge in [-0.1, -0.05) is 6.07 Å². The summed E-state index contributed by atoms with van der Waals surface area (Å²) in [6, 6.07) is 4.32. The van der Waals surface area contributed by atoms with Gasteiger partial charge in [-0.15, -0.1) is 0 Å². The molecule has 0 aliphatic rings. The first-order valence-electron chi connectivity index (χ1n) is 4.26. The van der Waals surface area contributed by atoms with Crippen LogP contribution >= 0.6 is 0 Å². The second-order valence-electron chi connectivity index (χ2n) is 3.07. The van der Waals surface area contributed by atoms with Crippen LogP contribution in [0.15, 0.2) is 18.2 Å². The average Bonchev–Trinajstić information content (AvgIpc) is 2.01. The molecule has 14 heavy (non-hydrogen) atoms. The molecule has 0 unspecified atom stereocenters. The molecule has 0 aliphatic heterocycles. The van der Waals surface area contributed by atoms with Gasteiger partial charge in [0.05, 0.1) is 6.42 Å². The maximum atomic E-state index is 13.0. The smallest absolute Gasteiger partial charge is 0.307 e. The molecule has 0 spiro atoms.